The lowest BCUT2D eigenvalue weighted by Gasteiger charge is -2.23. The number of phenols is 1. The summed E-state index contributed by atoms with van der Waals surface area (Å²) in [5, 5.41) is 13.5. The quantitative estimate of drug-likeness (QED) is 0.383. The molecule has 6 heteroatoms. The molecule has 2 rings (SSSR count). The zero-order valence-corrected chi connectivity index (χ0v) is 18.2. The second-order valence-corrected chi connectivity index (χ2v) is 5.92. The van der Waals surface area contributed by atoms with E-state index in [4.69, 9.17) is 4.74 Å². The van der Waals surface area contributed by atoms with E-state index < -0.39 is 0 Å². The SMILES string of the molecule is CCNC(=NCc1cccc(OC)c1O)N(C)Cc1ccccc1C.I. The molecule has 0 aromatic heterocycles. The molecule has 0 bridgehead atoms. The van der Waals surface area contributed by atoms with Crippen molar-refractivity contribution in [2.75, 3.05) is 20.7 Å². The Morgan fingerprint density at radius 3 is 2.50 bits per heavy atom. The van der Waals surface area contributed by atoms with E-state index in [1.807, 2.05) is 32.2 Å². The Kier molecular flexibility index (Phi) is 9.26. The zero-order valence-electron chi connectivity index (χ0n) is 15.8. The first-order valence-corrected chi connectivity index (χ1v) is 8.45. The Morgan fingerprint density at radius 1 is 1.15 bits per heavy atom. The minimum Gasteiger partial charge on any atom is -0.504 e. The Morgan fingerprint density at radius 2 is 1.85 bits per heavy atom. The van der Waals surface area contributed by atoms with Crippen molar-refractivity contribution >= 4 is 29.9 Å². The first-order chi connectivity index (χ1) is 12.1. The molecule has 0 fully saturated rings. The third-order valence-corrected chi connectivity index (χ3v) is 4.07. The summed E-state index contributed by atoms with van der Waals surface area (Å²) in [6, 6.07) is 13.8. The smallest absolute Gasteiger partial charge is 0.194 e. The van der Waals surface area contributed by atoms with Crippen LogP contribution in [0.4, 0.5) is 0 Å². The van der Waals surface area contributed by atoms with Gasteiger partial charge in [-0.2, -0.15) is 0 Å². The molecule has 0 heterocycles. The first kappa shape index (κ1) is 22.1. The number of benzene rings is 2. The van der Waals surface area contributed by atoms with E-state index in [1.165, 1.54) is 11.1 Å². The molecule has 26 heavy (non-hydrogen) atoms. The number of nitrogens with zero attached hydrogens (tertiary/aromatic N) is 2. The van der Waals surface area contributed by atoms with E-state index in [9.17, 15) is 5.11 Å². The Hall–Kier alpha value is -1.96. The predicted octanol–water partition coefficient (Wildman–Crippen LogP) is 3.92. The van der Waals surface area contributed by atoms with Gasteiger partial charge in [-0.15, -0.1) is 24.0 Å². The number of ether oxygens (including phenoxy) is 1. The van der Waals surface area contributed by atoms with E-state index in [0.29, 0.717) is 12.3 Å². The highest BCUT2D eigenvalue weighted by molar-refractivity contribution is 14.0. The molecule has 0 atom stereocenters. The van der Waals surface area contributed by atoms with Gasteiger partial charge in [0.2, 0.25) is 0 Å². The normalized spacial score (nSPS) is 10.8. The minimum absolute atomic E-state index is 0. The number of guanidine groups is 1. The summed E-state index contributed by atoms with van der Waals surface area (Å²) < 4.78 is 5.16. The number of halogens is 1. The number of hydrogen-bond acceptors (Lipinski definition) is 3. The summed E-state index contributed by atoms with van der Waals surface area (Å²) in [4.78, 5) is 6.75. The van der Waals surface area contributed by atoms with Gasteiger partial charge in [0.15, 0.2) is 17.5 Å². The number of aliphatic imine (C=N–C) groups is 1. The lowest BCUT2D eigenvalue weighted by molar-refractivity contribution is 0.370. The molecule has 142 valence electrons. The molecule has 0 saturated heterocycles. The maximum atomic E-state index is 10.2. The highest BCUT2D eigenvalue weighted by Gasteiger charge is 2.10. The molecule has 0 spiro atoms. The Balaban J connectivity index is 0.00000338. The summed E-state index contributed by atoms with van der Waals surface area (Å²) in [6.07, 6.45) is 0. The van der Waals surface area contributed by atoms with E-state index in [2.05, 4.69) is 40.3 Å². The summed E-state index contributed by atoms with van der Waals surface area (Å²) in [5.41, 5.74) is 3.26. The van der Waals surface area contributed by atoms with Gasteiger partial charge < -0.3 is 20.1 Å². The van der Waals surface area contributed by atoms with Crippen LogP contribution in [0, 0.1) is 6.92 Å². The largest absolute Gasteiger partial charge is 0.504 e. The van der Waals surface area contributed by atoms with Crippen LogP contribution in [0.15, 0.2) is 47.5 Å². The van der Waals surface area contributed by atoms with E-state index in [1.54, 1.807) is 13.2 Å². The third kappa shape index (κ3) is 5.79. The third-order valence-electron chi connectivity index (χ3n) is 4.07. The second kappa shape index (κ2) is 10.9. The molecule has 0 aliphatic carbocycles. The average Bonchev–Trinajstić information content (AvgIpc) is 2.61. The zero-order chi connectivity index (χ0) is 18.2. The van der Waals surface area contributed by atoms with Crippen LogP contribution in [-0.4, -0.2) is 36.7 Å². The molecule has 0 aliphatic heterocycles. The molecular weight excluding hydrogens is 441 g/mol. The highest BCUT2D eigenvalue weighted by atomic mass is 127. The van der Waals surface area contributed by atoms with Crippen LogP contribution in [0.2, 0.25) is 0 Å². The van der Waals surface area contributed by atoms with Crippen molar-refractivity contribution in [2.24, 2.45) is 4.99 Å². The lowest BCUT2D eigenvalue weighted by atomic mass is 10.1. The van der Waals surface area contributed by atoms with Crippen molar-refractivity contribution in [1.29, 1.82) is 0 Å². The molecule has 0 radical (unpaired) electrons. The average molecular weight is 469 g/mol. The number of nitrogens with one attached hydrogen (secondary N) is 1. The predicted molar refractivity (Wildman–Crippen MR) is 118 cm³/mol. The van der Waals surface area contributed by atoms with Gasteiger partial charge >= 0.3 is 0 Å². The fourth-order valence-electron chi connectivity index (χ4n) is 2.61. The van der Waals surface area contributed by atoms with Gasteiger partial charge in [0.25, 0.3) is 0 Å². The summed E-state index contributed by atoms with van der Waals surface area (Å²) >= 11 is 0. The van der Waals surface area contributed by atoms with Gasteiger partial charge in [-0.3, -0.25) is 0 Å². The Bertz CT molecular complexity index is 735. The number of para-hydroxylation sites is 1. The van der Waals surface area contributed by atoms with Crippen molar-refractivity contribution in [3.63, 3.8) is 0 Å². The fourth-order valence-corrected chi connectivity index (χ4v) is 2.61. The monoisotopic (exact) mass is 469 g/mol. The minimum atomic E-state index is 0. The maximum Gasteiger partial charge on any atom is 0.194 e. The Labute approximate surface area is 173 Å². The summed E-state index contributed by atoms with van der Waals surface area (Å²) in [6.45, 7) is 6.08. The van der Waals surface area contributed by atoms with Gasteiger partial charge in [0, 0.05) is 25.7 Å². The van der Waals surface area contributed by atoms with Crippen molar-refractivity contribution in [3.05, 3.63) is 59.2 Å². The number of aryl methyl sites for hydroxylation is 1. The van der Waals surface area contributed by atoms with Crippen molar-refractivity contribution in [1.82, 2.24) is 10.2 Å². The summed E-state index contributed by atoms with van der Waals surface area (Å²) in [7, 11) is 3.56. The number of aromatic hydroxyl groups is 1. The molecular formula is C20H28IN3O2. The number of phenolic OH excluding ortho intramolecular Hbond substituents is 1. The summed E-state index contributed by atoms with van der Waals surface area (Å²) in [5.74, 6) is 1.41. The molecule has 5 nitrogen and oxygen atoms in total. The van der Waals surface area contributed by atoms with Crippen LogP contribution in [0.5, 0.6) is 11.5 Å². The first-order valence-electron chi connectivity index (χ1n) is 8.45. The molecule has 2 aromatic carbocycles. The fraction of sp³-hybridized carbons (Fsp3) is 0.350. The van der Waals surface area contributed by atoms with E-state index in [-0.39, 0.29) is 29.7 Å². The maximum absolute atomic E-state index is 10.2. The molecule has 0 aliphatic rings. The molecule has 0 amide bonds. The number of methoxy groups -OCH3 is 1. The van der Waals surface area contributed by atoms with Gasteiger partial charge in [0.05, 0.1) is 13.7 Å². The topological polar surface area (TPSA) is 57.1 Å². The molecule has 0 saturated carbocycles. The van der Waals surface area contributed by atoms with Crippen LogP contribution in [0.3, 0.4) is 0 Å². The van der Waals surface area contributed by atoms with Crippen molar-refractivity contribution in [3.8, 4) is 11.5 Å². The highest BCUT2D eigenvalue weighted by Crippen LogP contribution is 2.29. The van der Waals surface area contributed by atoms with Crippen LogP contribution in [-0.2, 0) is 13.1 Å². The number of hydrogen-bond donors (Lipinski definition) is 2. The van der Waals surface area contributed by atoms with Crippen LogP contribution < -0.4 is 10.1 Å². The van der Waals surface area contributed by atoms with Gasteiger partial charge in [0.1, 0.15) is 0 Å². The van der Waals surface area contributed by atoms with Crippen LogP contribution >= 0.6 is 24.0 Å². The van der Waals surface area contributed by atoms with Crippen molar-refractivity contribution in [2.45, 2.75) is 26.9 Å². The lowest BCUT2D eigenvalue weighted by Crippen LogP contribution is -2.38. The standard InChI is InChI=1S/C20H27N3O2.HI/c1-5-21-20(23(3)14-17-10-7-6-9-15(17)2)22-13-16-11-8-12-18(25-4)19(16)24;/h6-12,24H,5,13-14H2,1-4H3,(H,21,22);1H. The van der Waals surface area contributed by atoms with Crippen LogP contribution in [0.1, 0.15) is 23.6 Å². The van der Waals surface area contributed by atoms with Gasteiger partial charge in [-0.1, -0.05) is 36.4 Å². The molecule has 2 N–H and O–H groups in total. The van der Waals surface area contributed by atoms with E-state index in [0.717, 1.165) is 24.6 Å². The van der Waals surface area contributed by atoms with Crippen LogP contribution in [0.25, 0.3) is 0 Å². The van der Waals surface area contributed by atoms with E-state index >= 15 is 0 Å². The van der Waals surface area contributed by atoms with Gasteiger partial charge in [-0.25, -0.2) is 4.99 Å². The van der Waals surface area contributed by atoms with Crippen molar-refractivity contribution < 1.29 is 9.84 Å². The molecule has 0 unspecified atom stereocenters. The molecule has 2 aromatic rings. The van der Waals surface area contributed by atoms with Gasteiger partial charge in [-0.05, 0) is 31.0 Å². The second-order valence-electron chi connectivity index (χ2n) is 5.92. The number of rotatable bonds is 6.